The molecule has 2 N–H and O–H groups in total. The monoisotopic (exact) mass is 301 g/mol. The number of hydrogen-bond acceptors (Lipinski definition) is 5. The minimum Gasteiger partial charge on any atom is -0.475 e. The van der Waals surface area contributed by atoms with Crippen molar-refractivity contribution in [3.63, 3.8) is 0 Å². The Kier molecular flexibility index (Phi) is 7.20. The lowest BCUT2D eigenvalue weighted by atomic mass is 10.1. The lowest BCUT2D eigenvalue weighted by Crippen LogP contribution is -2.45. The third kappa shape index (κ3) is 7.04. The average Bonchev–Trinajstić information content (AvgIpc) is 2.33. The number of carbonyl (C=O) groups is 1. The van der Waals surface area contributed by atoms with Crippen LogP contribution in [0.2, 0.25) is 0 Å². The fourth-order valence-electron chi connectivity index (χ4n) is 1.47. The predicted molar refractivity (Wildman–Crippen MR) is 61.4 cm³/mol. The Balaban J connectivity index is 0.000000246. The minimum atomic E-state index is -5.08. The Morgan fingerprint density at radius 2 is 1.95 bits per heavy atom. The summed E-state index contributed by atoms with van der Waals surface area (Å²) >= 11 is 0. The van der Waals surface area contributed by atoms with Crippen LogP contribution in [-0.2, 0) is 19.0 Å². The van der Waals surface area contributed by atoms with E-state index in [4.69, 9.17) is 24.1 Å². The maximum atomic E-state index is 10.6. The summed E-state index contributed by atoms with van der Waals surface area (Å²) in [6, 6.07) is 0. The van der Waals surface area contributed by atoms with Gasteiger partial charge in [-0.25, -0.2) is 4.79 Å². The molecular weight excluding hydrogens is 283 g/mol. The summed E-state index contributed by atoms with van der Waals surface area (Å²) < 4.78 is 48.0. The highest BCUT2D eigenvalue weighted by Gasteiger charge is 2.38. The number of carboxylic acids is 1. The molecule has 0 aliphatic carbocycles. The predicted octanol–water partition coefficient (Wildman–Crippen LogP) is 0.271. The molecule has 6 nitrogen and oxygen atoms in total. The highest BCUT2D eigenvalue weighted by molar-refractivity contribution is 5.73. The lowest BCUT2D eigenvalue weighted by Gasteiger charge is -2.28. The number of halogens is 3. The fourth-order valence-corrected chi connectivity index (χ4v) is 1.47. The van der Waals surface area contributed by atoms with E-state index in [1.165, 1.54) is 0 Å². The molecule has 2 heterocycles. The SMILES string of the molecule is C1CO[C@H](COCC2CNC2)CO1.O=C(O)C(F)(F)F. The van der Waals surface area contributed by atoms with Crippen molar-refractivity contribution >= 4 is 5.97 Å². The summed E-state index contributed by atoms with van der Waals surface area (Å²) in [6.45, 7) is 5.85. The van der Waals surface area contributed by atoms with Crippen LogP contribution in [0.15, 0.2) is 0 Å². The number of alkyl halides is 3. The van der Waals surface area contributed by atoms with E-state index in [9.17, 15) is 13.2 Å². The van der Waals surface area contributed by atoms with E-state index in [-0.39, 0.29) is 6.10 Å². The van der Waals surface area contributed by atoms with Crippen molar-refractivity contribution in [2.24, 2.45) is 5.92 Å². The smallest absolute Gasteiger partial charge is 0.475 e. The van der Waals surface area contributed by atoms with E-state index >= 15 is 0 Å². The second kappa shape index (κ2) is 8.40. The minimum absolute atomic E-state index is 0.154. The third-order valence-electron chi connectivity index (χ3n) is 2.65. The Morgan fingerprint density at radius 1 is 1.30 bits per heavy atom. The van der Waals surface area contributed by atoms with Gasteiger partial charge in [-0.3, -0.25) is 0 Å². The Hall–Kier alpha value is -0.900. The molecule has 0 aromatic carbocycles. The number of rotatable bonds is 4. The topological polar surface area (TPSA) is 77.0 Å². The molecule has 0 bridgehead atoms. The summed E-state index contributed by atoms with van der Waals surface area (Å²) in [6.07, 6.45) is -4.93. The van der Waals surface area contributed by atoms with Gasteiger partial charge in [0.2, 0.25) is 0 Å². The second-order valence-corrected chi connectivity index (χ2v) is 4.43. The van der Waals surface area contributed by atoms with Crippen LogP contribution in [0.1, 0.15) is 0 Å². The standard InChI is InChI=1S/C9H17NO3.C2HF3O2/c1-2-13-9(6-11-1)7-12-5-8-3-10-4-8;3-2(4,5)1(6)7/h8-10H,1-7H2;(H,6,7)/t9-;/m0./s1. The van der Waals surface area contributed by atoms with Crippen molar-refractivity contribution in [2.75, 3.05) is 46.1 Å². The number of ether oxygens (including phenoxy) is 3. The van der Waals surface area contributed by atoms with Crippen LogP contribution < -0.4 is 5.32 Å². The highest BCUT2D eigenvalue weighted by atomic mass is 19.4. The Morgan fingerprint density at radius 3 is 2.35 bits per heavy atom. The normalized spacial score (nSPS) is 23.4. The molecule has 2 aliphatic heterocycles. The first-order valence-electron chi connectivity index (χ1n) is 6.17. The molecule has 0 aromatic heterocycles. The summed E-state index contributed by atoms with van der Waals surface area (Å²) in [7, 11) is 0. The molecule has 2 saturated heterocycles. The van der Waals surface area contributed by atoms with Crippen molar-refractivity contribution in [3.05, 3.63) is 0 Å². The first kappa shape index (κ1) is 17.2. The number of hydrogen-bond donors (Lipinski definition) is 2. The van der Waals surface area contributed by atoms with Crippen molar-refractivity contribution in [2.45, 2.75) is 12.3 Å². The first-order chi connectivity index (χ1) is 9.39. The highest BCUT2D eigenvalue weighted by Crippen LogP contribution is 2.13. The zero-order chi connectivity index (χ0) is 15.0. The van der Waals surface area contributed by atoms with Gasteiger partial charge in [-0.15, -0.1) is 0 Å². The van der Waals surface area contributed by atoms with Gasteiger partial charge in [0, 0.05) is 19.0 Å². The van der Waals surface area contributed by atoms with Gasteiger partial charge >= 0.3 is 12.1 Å². The average molecular weight is 301 g/mol. The van der Waals surface area contributed by atoms with Crippen molar-refractivity contribution < 1.29 is 37.3 Å². The van der Waals surface area contributed by atoms with E-state index in [0.29, 0.717) is 25.7 Å². The van der Waals surface area contributed by atoms with Crippen LogP contribution in [0.5, 0.6) is 0 Å². The molecule has 118 valence electrons. The quantitative estimate of drug-likeness (QED) is 0.776. The summed E-state index contributed by atoms with van der Waals surface area (Å²) in [5.74, 6) is -2.04. The van der Waals surface area contributed by atoms with Crippen LogP contribution in [0.3, 0.4) is 0 Å². The van der Waals surface area contributed by atoms with E-state index < -0.39 is 12.1 Å². The van der Waals surface area contributed by atoms with E-state index in [1.54, 1.807) is 0 Å². The van der Waals surface area contributed by atoms with Crippen molar-refractivity contribution in [3.8, 4) is 0 Å². The number of nitrogens with one attached hydrogen (secondary N) is 1. The Bertz CT molecular complexity index is 290. The van der Waals surface area contributed by atoms with Gasteiger partial charge < -0.3 is 24.6 Å². The van der Waals surface area contributed by atoms with Crippen LogP contribution in [0.4, 0.5) is 13.2 Å². The molecule has 0 spiro atoms. The van der Waals surface area contributed by atoms with E-state index in [1.807, 2.05) is 0 Å². The van der Waals surface area contributed by atoms with Gasteiger partial charge in [-0.1, -0.05) is 0 Å². The van der Waals surface area contributed by atoms with Crippen molar-refractivity contribution in [1.29, 1.82) is 0 Å². The van der Waals surface area contributed by atoms with E-state index in [2.05, 4.69) is 5.32 Å². The first-order valence-corrected chi connectivity index (χ1v) is 6.17. The molecule has 2 fully saturated rings. The van der Waals surface area contributed by atoms with Gasteiger partial charge in [0.25, 0.3) is 0 Å². The maximum Gasteiger partial charge on any atom is 0.490 e. The summed E-state index contributed by atoms with van der Waals surface area (Å²) in [4.78, 5) is 8.90. The zero-order valence-electron chi connectivity index (χ0n) is 10.8. The second-order valence-electron chi connectivity index (χ2n) is 4.43. The lowest BCUT2D eigenvalue weighted by molar-refractivity contribution is -0.192. The molecule has 1 atom stereocenters. The van der Waals surface area contributed by atoms with Crippen molar-refractivity contribution in [1.82, 2.24) is 5.32 Å². The maximum absolute atomic E-state index is 10.6. The van der Waals surface area contributed by atoms with Gasteiger partial charge in [-0.2, -0.15) is 13.2 Å². The van der Waals surface area contributed by atoms with Crippen LogP contribution >= 0.6 is 0 Å². The molecule has 9 heteroatoms. The van der Waals surface area contributed by atoms with Gasteiger partial charge in [0.15, 0.2) is 0 Å². The third-order valence-corrected chi connectivity index (χ3v) is 2.65. The summed E-state index contributed by atoms with van der Waals surface area (Å²) in [5, 5.41) is 10.3. The number of aliphatic carboxylic acids is 1. The molecular formula is C11H18F3NO5. The molecule has 20 heavy (non-hydrogen) atoms. The van der Waals surface area contributed by atoms with Crippen LogP contribution in [0, 0.1) is 5.92 Å². The molecule has 0 unspecified atom stereocenters. The van der Waals surface area contributed by atoms with Crippen LogP contribution in [-0.4, -0.2) is 69.5 Å². The van der Waals surface area contributed by atoms with Crippen LogP contribution in [0.25, 0.3) is 0 Å². The van der Waals surface area contributed by atoms with Gasteiger partial charge in [0.1, 0.15) is 6.10 Å². The molecule has 0 radical (unpaired) electrons. The summed E-state index contributed by atoms with van der Waals surface area (Å²) in [5.41, 5.74) is 0. The van der Waals surface area contributed by atoms with Gasteiger partial charge in [-0.05, 0) is 0 Å². The van der Waals surface area contributed by atoms with Gasteiger partial charge in [0.05, 0.1) is 33.0 Å². The molecule has 2 rings (SSSR count). The fraction of sp³-hybridized carbons (Fsp3) is 0.909. The molecule has 0 amide bonds. The molecule has 2 aliphatic rings. The Labute approximate surface area is 114 Å². The number of carboxylic acid groups (broad SMARTS) is 1. The van der Waals surface area contributed by atoms with E-state index in [0.717, 1.165) is 26.3 Å². The molecule has 0 aromatic rings. The largest absolute Gasteiger partial charge is 0.490 e. The molecule has 0 saturated carbocycles. The zero-order valence-corrected chi connectivity index (χ0v) is 10.8.